The first-order valence-electron chi connectivity index (χ1n) is 5.72. The summed E-state index contributed by atoms with van der Waals surface area (Å²) in [6.45, 7) is 1.75. The van der Waals surface area contributed by atoms with Crippen molar-refractivity contribution in [2.45, 2.75) is 13.1 Å². The van der Waals surface area contributed by atoms with Crippen LogP contribution in [-0.4, -0.2) is 19.1 Å². The molecule has 96 valence electrons. The quantitative estimate of drug-likeness (QED) is 0.914. The van der Waals surface area contributed by atoms with Gasteiger partial charge in [-0.1, -0.05) is 0 Å². The van der Waals surface area contributed by atoms with Gasteiger partial charge in [-0.15, -0.1) is 11.3 Å². The minimum absolute atomic E-state index is 0.869. The zero-order chi connectivity index (χ0) is 13.0. The van der Waals surface area contributed by atoms with E-state index in [1.807, 2.05) is 19.3 Å². The summed E-state index contributed by atoms with van der Waals surface area (Å²) in [5.74, 6) is 1.01. The van der Waals surface area contributed by atoms with Crippen LogP contribution in [0.25, 0.3) is 0 Å². The zero-order valence-electron chi connectivity index (χ0n) is 10.5. The van der Waals surface area contributed by atoms with Gasteiger partial charge in [0.05, 0.1) is 6.54 Å². The number of aromatic nitrogens is 1. The number of hydrogen-bond donors (Lipinski definition) is 1. The fourth-order valence-electron chi connectivity index (χ4n) is 1.73. The summed E-state index contributed by atoms with van der Waals surface area (Å²) in [4.78, 5) is 7.90. The fourth-order valence-corrected chi connectivity index (χ4v) is 3.24. The molecule has 0 atom stereocenters. The molecule has 0 bridgehead atoms. The Morgan fingerprint density at radius 1 is 1.44 bits per heavy atom. The molecule has 0 spiro atoms. The number of rotatable bonds is 5. The van der Waals surface area contributed by atoms with Gasteiger partial charge >= 0.3 is 0 Å². The molecule has 2 rings (SSSR count). The molecule has 0 fully saturated rings. The van der Waals surface area contributed by atoms with E-state index in [1.165, 1.54) is 10.4 Å². The van der Waals surface area contributed by atoms with E-state index in [0.717, 1.165) is 23.4 Å². The van der Waals surface area contributed by atoms with Crippen molar-refractivity contribution in [2.24, 2.45) is 0 Å². The van der Waals surface area contributed by atoms with Crippen molar-refractivity contribution in [2.75, 3.05) is 19.0 Å². The normalized spacial score (nSPS) is 10.6. The predicted octanol–water partition coefficient (Wildman–Crippen LogP) is 3.26. The van der Waals surface area contributed by atoms with Gasteiger partial charge in [0.25, 0.3) is 0 Å². The van der Waals surface area contributed by atoms with Crippen LogP contribution in [0.1, 0.15) is 10.4 Å². The Labute approximate surface area is 120 Å². The second-order valence-electron chi connectivity index (χ2n) is 4.14. The van der Waals surface area contributed by atoms with E-state index in [0.29, 0.717) is 0 Å². The molecule has 0 aliphatic carbocycles. The molecule has 1 N–H and O–H groups in total. The van der Waals surface area contributed by atoms with Gasteiger partial charge in [-0.05, 0) is 46.7 Å². The molecular formula is C13H16BrN3S. The highest BCUT2D eigenvalue weighted by Gasteiger charge is 2.06. The number of halogens is 1. The van der Waals surface area contributed by atoms with E-state index in [9.17, 15) is 0 Å². The molecule has 0 saturated carbocycles. The van der Waals surface area contributed by atoms with Crippen LogP contribution in [0.4, 0.5) is 5.82 Å². The van der Waals surface area contributed by atoms with Gasteiger partial charge in [0.1, 0.15) is 5.82 Å². The minimum atomic E-state index is 0.869. The smallest absolute Gasteiger partial charge is 0.128 e. The summed E-state index contributed by atoms with van der Waals surface area (Å²) in [5, 5.41) is 5.26. The molecule has 0 unspecified atom stereocenters. The van der Waals surface area contributed by atoms with E-state index in [-0.39, 0.29) is 0 Å². The number of nitrogens with zero attached hydrogens (tertiary/aromatic N) is 2. The Morgan fingerprint density at radius 3 is 2.94 bits per heavy atom. The Hall–Kier alpha value is -0.910. The molecule has 0 saturated heterocycles. The van der Waals surface area contributed by atoms with Crippen LogP contribution >= 0.6 is 27.3 Å². The van der Waals surface area contributed by atoms with Crippen molar-refractivity contribution in [1.29, 1.82) is 0 Å². The number of nitrogens with one attached hydrogen (secondary N) is 1. The molecule has 5 heteroatoms. The third kappa shape index (κ3) is 3.54. The molecule has 2 aromatic rings. The molecule has 0 aliphatic heterocycles. The lowest BCUT2D eigenvalue weighted by Crippen LogP contribution is -2.17. The largest absolute Gasteiger partial charge is 0.355 e. The van der Waals surface area contributed by atoms with Gasteiger partial charge in [-0.2, -0.15) is 0 Å². The van der Waals surface area contributed by atoms with Gasteiger partial charge in [-0.3, -0.25) is 0 Å². The van der Waals surface area contributed by atoms with Crippen molar-refractivity contribution in [3.8, 4) is 0 Å². The molecule has 0 aliphatic rings. The molecule has 0 amide bonds. The molecule has 2 aromatic heterocycles. The fraction of sp³-hybridized carbons (Fsp3) is 0.308. The maximum absolute atomic E-state index is 4.42. The zero-order valence-corrected chi connectivity index (χ0v) is 12.9. The van der Waals surface area contributed by atoms with Crippen molar-refractivity contribution < 1.29 is 0 Å². The Bertz CT molecular complexity index is 512. The van der Waals surface area contributed by atoms with Crippen LogP contribution in [0.2, 0.25) is 0 Å². The van der Waals surface area contributed by atoms with E-state index < -0.39 is 0 Å². The van der Waals surface area contributed by atoms with Gasteiger partial charge in [-0.25, -0.2) is 4.98 Å². The lowest BCUT2D eigenvalue weighted by molar-refractivity contribution is 0.812. The van der Waals surface area contributed by atoms with Crippen molar-refractivity contribution in [1.82, 2.24) is 10.3 Å². The second-order valence-corrected chi connectivity index (χ2v) is 6.05. The molecule has 2 heterocycles. The summed E-state index contributed by atoms with van der Waals surface area (Å²) in [6, 6.07) is 6.31. The number of hydrogen-bond acceptors (Lipinski definition) is 4. The van der Waals surface area contributed by atoms with Crippen LogP contribution < -0.4 is 10.2 Å². The maximum atomic E-state index is 4.42. The van der Waals surface area contributed by atoms with Crippen molar-refractivity contribution >= 4 is 33.1 Å². The van der Waals surface area contributed by atoms with Crippen molar-refractivity contribution in [3.63, 3.8) is 0 Å². The van der Waals surface area contributed by atoms with E-state index in [2.05, 4.69) is 55.7 Å². The average Bonchev–Trinajstić information content (AvgIpc) is 2.75. The standard InChI is InChI=1S/C13H16BrN3S/c1-15-7-10-3-4-16-13(5-10)17(2)8-12-6-11(14)9-18-12/h3-6,9,15H,7-8H2,1-2H3. The minimum Gasteiger partial charge on any atom is -0.355 e. The monoisotopic (exact) mass is 325 g/mol. The van der Waals surface area contributed by atoms with Crippen LogP contribution in [0.15, 0.2) is 34.2 Å². The van der Waals surface area contributed by atoms with Crippen LogP contribution in [0, 0.1) is 0 Å². The van der Waals surface area contributed by atoms with Crippen LogP contribution in [0.3, 0.4) is 0 Å². The van der Waals surface area contributed by atoms with Gasteiger partial charge in [0, 0.05) is 34.5 Å². The summed E-state index contributed by atoms with van der Waals surface area (Å²) in [6.07, 6.45) is 1.86. The first-order chi connectivity index (χ1) is 8.69. The van der Waals surface area contributed by atoms with E-state index >= 15 is 0 Å². The van der Waals surface area contributed by atoms with Gasteiger partial charge in [0.2, 0.25) is 0 Å². The van der Waals surface area contributed by atoms with E-state index in [4.69, 9.17) is 0 Å². The van der Waals surface area contributed by atoms with Gasteiger partial charge in [0.15, 0.2) is 0 Å². The molecule has 0 aromatic carbocycles. The van der Waals surface area contributed by atoms with Crippen LogP contribution in [0.5, 0.6) is 0 Å². The summed E-state index contributed by atoms with van der Waals surface area (Å²) in [5.41, 5.74) is 1.25. The Morgan fingerprint density at radius 2 is 2.28 bits per heavy atom. The lowest BCUT2D eigenvalue weighted by Gasteiger charge is -2.17. The number of anilines is 1. The Balaban J connectivity index is 2.08. The summed E-state index contributed by atoms with van der Waals surface area (Å²) in [7, 11) is 4.02. The van der Waals surface area contributed by atoms with Crippen LogP contribution in [-0.2, 0) is 13.1 Å². The summed E-state index contributed by atoms with van der Waals surface area (Å²) < 4.78 is 1.15. The molecule has 0 radical (unpaired) electrons. The first-order valence-corrected chi connectivity index (χ1v) is 7.40. The predicted molar refractivity (Wildman–Crippen MR) is 81.1 cm³/mol. The maximum Gasteiger partial charge on any atom is 0.128 e. The molecular weight excluding hydrogens is 310 g/mol. The first kappa shape index (κ1) is 13.5. The lowest BCUT2D eigenvalue weighted by atomic mass is 10.2. The van der Waals surface area contributed by atoms with Gasteiger partial charge < -0.3 is 10.2 Å². The SMILES string of the molecule is CNCc1ccnc(N(C)Cc2cc(Br)cs2)c1. The molecule has 18 heavy (non-hydrogen) atoms. The third-order valence-electron chi connectivity index (χ3n) is 2.60. The second kappa shape index (κ2) is 6.31. The summed E-state index contributed by atoms with van der Waals surface area (Å²) >= 11 is 5.24. The van der Waals surface area contributed by atoms with E-state index in [1.54, 1.807) is 11.3 Å². The highest BCUT2D eigenvalue weighted by molar-refractivity contribution is 9.10. The van der Waals surface area contributed by atoms with Crippen molar-refractivity contribution in [3.05, 3.63) is 44.7 Å². The molecule has 3 nitrogen and oxygen atoms in total. The number of thiophene rings is 1. The Kier molecular flexibility index (Phi) is 4.74. The highest BCUT2D eigenvalue weighted by Crippen LogP contribution is 2.22. The topological polar surface area (TPSA) is 28.2 Å². The average molecular weight is 326 g/mol. The highest BCUT2D eigenvalue weighted by atomic mass is 79.9. The third-order valence-corrected chi connectivity index (χ3v) is 4.28. The number of pyridine rings is 1.